The fourth-order valence-electron chi connectivity index (χ4n) is 3.50. The van der Waals surface area contributed by atoms with Crippen LogP contribution in [0.1, 0.15) is 25.3 Å². The first-order valence-corrected chi connectivity index (χ1v) is 9.65. The minimum Gasteiger partial charge on any atom is -0.493 e. The fraction of sp³-hybridized carbons (Fsp3) is 0.409. The van der Waals surface area contributed by atoms with Gasteiger partial charge in [0.15, 0.2) is 11.5 Å². The van der Waals surface area contributed by atoms with Crippen LogP contribution in [0.2, 0.25) is 0 Å². The minimum absolute atomic E-state index is 0.0416. The van der Waals surface area contributed by atoms with Crippen molar-refractivity contribution in [1.82, 2.24) is 4.90 Å². The number of urea groups is 1. The lowest BCUT2D eigenvalue weighted by atomic mass is 10.0. The van der Waals surface area contributed by atoms with Crippen LogP contribution in [0.3, 0.4) is 0 Å². The first-order chi connectivity index (χ1) is 13.5. The van der Waals surface area contributed by atoms with Crippen LogP contribution in [0.25, 0.3) is 0 Å². The molecule has 150 valence electrons. The van der Waals surface area contributed by atoms with Crippen molar-refractivity contribution in [3.05, 3.63) is 48.0 Å². The topological polar surface area (TPSA) is 54.0 Å². The monoisotopic (exact) mass is 383 g/mol. The first kappa shape index (κ1) is 19.9. The number of rotatable bonds is 5. The Hall–Kier alpha value is -2.89. The standard InChI is InChI=1S/C22H29N3O3/c1-16(2)18-7-5-6-8-19(18)23-22(26)25-13-11-24(12-14-25)17-9-10-20(27-3)21(15-17)28-4/h5-10,15-16H,11-14H2,1-4H3,(H,23,26). The zero-order chi connectivity index (χ0) is 20.1. The van der Waals surface area contributed by atoms with Crippen molar-refractivity contribution < 1.29 is 14.3 Å². The van der Waals surface area contributed by atoms with Gasteiger partial charge in [-0.25, -0.2) is 4.79 Å². The molecule has 0 aliphatic carbocycles. The average molecular weight is 383 g/mol. The Morgan fingerprint density at radius 2 is 1.64 bits per heavy atom. The van der Waals surface area contributed by atoms with E-state index in [1.165, 1.54) is 0 Å². The van der Waals surface area contributed by atoms with E-state index in [9.17, 15) is 4.79 Å². The van der Waals surface area contributed by atoms with Gasteiger partial charge >= 0.3 is 6.03 Å². The molecule has 1 saturated heterocycles. The molecule has 0 unspecified atom stereocenters. The Bertz CT molecular complexity index is 814. The largest absolute Gasteiger partial charge is 0.493 e. The summed E-state index contributed by atoms with van der Waals surface area (Å²) in [5.74, 6) is 1.79. The van der Waals surface area contributed by atoms with Crippen LogP contribution in [0, 0.1) is 0 Å². The van der Waals surface area contributed by atoms with Crippen LogP contribution in [0.4, 0.5) is 16.2 Å². The predicted octanol–water partition coefficient (Wildman–Crippen LogP) is 4.18. The van der Waals surface area contributed by atoms with E-state index in [1.807, 2.05) is 41.3 Å². The number of piperazine rings is 1. The molecule has 2 aromatic carbocycles. The van der Waals surface area contributed by atoms with Crippen molar-refractivity contribution in [2.24, 2.45) is 0 Å². The molecule has 6 heteroatoms. The van der Waals surface area contributed by atoms with Crippen LogP contribution < -0.4 is 19.7 Å². The summed E-state index contributed by atoms with van der Waals surface area (Å²) in [4.78, 5) is 16.9. The third-order valence-corrected chi connectivity index (χ3v) is 5.12. The van der Waals surface area contributed by atoms with Gasteiger partial charge in [-0.2, -0.15) is 0 Å². The van der Waals surface area contributed by atoms with E-state index in [1.54, 1.807) is 14.2 Å². The lowest BCUT2D eigenvalue weighted by molar-refractivity contribution is 0.208. The highest BCUT2D eigenvalue weighted by atomic mass is 16.5. The quantitative estimate of drug-likeness (QED) is 0.841. The number of amides is 2. The van der Waals surface area contributed by atoms with E-state index in [0.717, 1.165) is 30.0 Å². The van der Waals surface area contributed by atoms with Crippen molar-refractivity contribution in [1.29, 1.82) is 0 Å². The van der Waals surface area contributed by atoms with E-state index in [-0.39, 0.29) is 6.03 Å². The van der Waals surface area contributed by atoms with Crippen LogP contribution >= 0.6 is 0 Å². The summed E-state index contributed by atoms with van der Waals surface area (Å²) in [5.41, 5.74) is 3.12. The minimum atomic E-state index is -0.0416. The number of para-hydroxylation sites is 1. The van der Waals surface area contributed by atoms with Crippen molar-refractivity contribution >= 4 is 17.4 Å². The summed E-state index contributed by atoms with van der Waals surface area (Å²) in [6.45, 7) is 7.15. The number of ether oxygens (including phenoxy) is 2. The maximum Gasteiger partial charge on any atom is 0.321 e. The number of nitrogens with zero attached hydrogens (tertiary/aromatic N) is 2. The molecule has 0 bridgehead atoms. The first-order valence-electron chi connectivity index (χ1n) is 9.65. The van der Waals surface area contributed by atoms with Crippen molar-refractivity contribution in [3.8, 4) is 11.5 Å². The molecule has 1 fully saturated rings. The number of nitrogens with one attached hydrogen (secondary N) is 1. The third-order valence-electron chi connectivity index (χ3n) is 5.12. The van der Waals surface area contributed by atoms with E-state index in [2.05, 4.69) is 30.1 Å². The molecule has 0 aromatic heterocycles. The second kappa shape index (κ2) is 8.87. The number of carbonyl (C=O) groups is 1. The Morgan fingerprint density at radius 3 is 2.29 bits per heavy atom. The lowest BCUT2D eigenvalue weighted by Crippen LogP contribution is -2.50. The summed E-state index contributed by atoms with van der Waals surface area (Å²) in [7, 11) is 3.27. The van der Waals surface area contributed by atoms with Crippen molar-refractivity contribution in [2.75, 3.05) is 50.6 Å². The van der Waals surface area contributed by atoms with Crippen LogP contribution in [0.5, 0.6) is 11.5 Å². The van der Waals surface area contributed by atoms with Crippen molar-refractivity contribution in [3.63, 3.8) is 0 Å². The molecular weight excluding hydrogens is 354 g/mol. The molecule has 0 saturated carbocycles. The van der Waals surface area contributed by atoms with Gasteiger partial charge in [0.2, 0.25) is 0 Å². The SMILES string of the molecule is COc1ccc(N2CCN(C(=O)Nc3ccccc3C(C)C)CC2)cc1OC. The number of anilines is 2. The van der Waals surface area contributed by atoms with Gasteiger partial charge < -0.3 is 24.6 Å². The molecule has 0 atom stereocenters. The summed E-state index contributed by atoms with van der Waals surface area (Å²) in [5, 5.41) is 3.08. The number of hydrogen-bond donors (Lipinski definition) is 1. The molecule has 28 heavy (non-hydrogen) atoms. The van der Waals surface area contributed by atoms with Gasteiger partial charge in [0.05, 0.1) is 14.2 Å². The van der Waals surface area contributed by atoms with Gasteiger partial charge in [-0.15, -0.1) is 0 Å². The molecular formula is C22H29N3O3. The molecule has 1 N–H and O–H groups in total. The van der Waals surface area contributed by atoms with Gasteiger partial charge in [0.25, 0.3) is 0 Å². The molecule has 0 radical (unpaired) electrons. The maximum absolute atomic E-state index is 12.7. The second-order valence-electron chi connectivity index (χ2n) is 7.19. The molecule has 1 heterocycles. The normalized spacial score (nSPS) is 14.2. The zero-order valence-electron chi connectivity index (χ0n) is 17.1. The number of benzene rings is 2. The number of carbonyl (C=O) groups excluding carboxylic acids is 1. The smallest absolute Gasteiger partial charge is 0.321 e. The van der Waals surface area contributed by atoms with Gasteiger partial charge in [-0.3, -0.25) is 0 Å². The van der Waals surface area contributed by atoms with Crippen LogP contribution in [-0.2, 0) is 0 Å². The molecule has 0 spiro atoms. The highest BCUT2D eigenvalue weighted by Gasteiger charge is 2.22. The molecule has 1 aliphatic rings. The summed E-state index contributed by atoms with van der Waals surface area (Å²) < 4.78 is 10.7. The lowest BCUT2D eigenvalue weighted by Gasteiger charge is -2.36. The highest BCUT2D eigenvalue weighted by molar-refractivity contribution is 5.90. The highest BCUT2D eigenvalue weighted by Crippen LogP contribution is 2.32. The summed E-state index contributed by atoms with van der Waals surface area (Å²) >= 11 is 0. The molecule has 2 amide bonds. The van der Waals surface area contributed by atoms with E-state index in [0.29, 0.717) is 30.5 Å². The van der Waals surface area contributed by atoms with E-state index >= 15 is 0 Å². The van der Waals surface area contributed by atoms with Gasteiger partial charge in [0.1, 0.15) is 0 Å². The average Bonchev–Trinajstić information content (AvgIpc) is 2.73. The van der Waals surface area contributed by atoms with Gasteiger partial charge in [-0.1, -0.05) is 32.0 Å². The molecule has 3 rings (SSSR count). The van der Waals surface area contributed by atoms with Crippen LogP contribution in [0.15, 0.2) is 42.5 Å². The predicted molar refractivity (Wildman–Crippen MR) is 113 cm³/mol. The van der Waals surface area contributed by atoms with E-state index < -0.39 is 0 Å². The summed E-state index contributed by atoms with van der Waals surface area (Å²) in [6.07, 6.45) is 0. The van der Waals surface area contributed by atoms with E-state index in [4.69, 9.17) is 9.47 Å². The van der Waals surface area contributed by atoms with Crippen LogP contribution in [-0.4, -0.2) is 51.3 Å². The number of methoxy groups -OCH3 is 2. The fourth-order valence-corrected chi connectivity index (χ4v) is 3.50. The Kier molecular flexibility index (Phi) is 6.29. The molecule has 2 aromatic rings. The molecule has 6 nitrogen and oxygen atoms in total. The zero-order valence-corrected chi connectivity index (χ0v) is 17.1. The molecule has 1 aliphatic heterocycles. The van der Waals surface area contributed by atoms with Gasteiger partial charge in [0, 0.05) is 43.6 Å². The Balaban J connectivity index is 1.62. The second-order valence-corrected chi connectivity index (χ2v) is 7.19. The maximum atomic E-state index is 12.7. The van der Waals surface area contributed by atoms with Gasteiger partial charge in [-0.05, 0) is 29.7 Å². The summed E-state index contributed by atoms with van der Waals surface area (Å²) in [6, 6.07) is 13.9. The number of hydrogen-bond acceptors (Lipinski definition) is 4. The Labute approximate surface area is 167 Å². The van der Waals surface area contributed by atoms with Crippen molar-refractivity contribution in [2.45, 2.75) is 19.8 Å². The Morgan fingerprint density at radius 1 is 0.964 bits per heavy atom. The third kappa shape index (κ3) is 4.32.